The number of aromatic nitrogens is 1. The van der Waals surface area contributed by atoms with Gasteiger partial charge in [-0.15, -0.1) is 0 Å². The standard InChI is InChI=1S/C13H13NO3.C3H8.C2H3N/c1-9(13(15)16-2)12-8-11(14-17-12)10-6-4-3-5-7-10;2*1-3-2/h3-9H,1-2H3;3H2,1-2H3;1H3. The summed E-state index contributed by atoms with van der Waals surface area (Å²) in [4.78, 5) is 14.1. The van der Waals surface area contributed by atoms with Crippen LogP contribution in [-0.2, 0) is 9.53 Å². The third kappa shape index (κ3) is 7.28. The lowest BCUT2D eigenvalue weighted by Crippen LogP contribution is -2.09. The molecule has 0 aliphatic carbocycles. The van der Waals surface area contributed by atoms with Crippen LogP contribution < -0.4 is 0 Å². The van der Waals surface area contributed by atoms with Crippen LogP contribution >= 0.6 is 0 Å². The SMILES string of the molecule is CCC.COC(=O)C(C)c1cc(-c2ccccc2)no1.[C-]#[N+]C. The van der Waals surface area contributed by atoms with Gasteiger partial charge < -0.3 is 14.1 Å². The smallest absolute Gasteiger partial charge is 0.316 e. The normalized spacial score (nSPS) is 10.1. The summed E-state index contributed by atoms with van der Waals surface area (Å²) in [6.45, 7) is 11.8. The fourth-order valence-electron chi connectivity index (χ4n) is 1.53. The molecule has 0 radical (unpaired) electrons. The van der Waals surface area contributed by atoms with E-state index in [1.807, 2.05) is 30.3 Å². The van der Waals surface area contributed by atoms with E-state index in [-0.39, 0.29) is 5.97 Å². The van der Waals surface area contributed by atoms with Gasteiger partial charge in [0.1, 0.15) is 11.6 Å². The molecular formula is C18H24N2O3. The fourth-order valence-corrected chi connectivity index (χ4v) is 1.53. The van der Waals surface area contributed by atoms with Gasteiger partial charge in [-0.3, -0.25) is 4.79 Å². The minimum atomic E-state index is -0.440. The van der Waals surface area contributed by atoms with E-state index in [4.69, 9.17) is 11.1 Å². The lowest BCUT2D eigenvalue weighted by molar-refractivity contribution is -0.142. The van der Waals surface area contributed by atoms with Crippen LogP contribution in [-0.4, -0.2) is 25.3 Å². The van der Waals surface area contributed by atoms with Crippen LogP contribution in [0.2, 0.25) is 0 Å². The average Bonchev–Trinajstić information content (AvgIpc) is 3.06. The van der Waals surface area contributed by atoms with E-state index < -0.39 is 5.92 Å². The summed E-state index contributed by atoms with van der Waals surface area (Å²) in [7, 11) is 2.77. The molecule has 1 heterocycles. The van der Waals surface area contributed by atoms with Crippen LogP contribution in [0.1, 0.15) is 38.9 Å². The number of carbonyl (C=O) groups is 1. The zero-order chi connectivity index (χ0) is 17.7. The molecule has 0 saturated heterocycles. The highest BCUT2D eigenvalue weighted by atomic mass is 16.5. The monoisotopic (exact) mass is 316 g/mol. The van der Waals surface area contributed by atoms with E-state index in [1.54, 1.807) is 13.0 Å². The second-order valence-electron chi connectivity index (χ2n) is 4.66. The quantitative estimate of drug-likeness (QED) is 0.615. The van der Waals surface area contributed by atoms with Crippen LogP contribution in [0, 0.1) is 6.57 Å². The Hall–Kier alpha value is -2.61. The van der Waals surface area contributed by atoms with E-state index >= 15 is 0 Å². The number of rotatable bonds is 3. The van der Waals surface area contributed by atoms with E-state index in [0.717, 1.165) is 11.3 Å². The summed E-state index contributed by atoms with van der Waals surface area (Å²) in [5.41, 5.74) is 1.68. The highest BCUT2D eigenvalue weighted by Gasteiger charge is 2.20. The topological polar surface area (TPSA) is 56.7 Å². The molecule has 124 valence electrons. The molecule has 1 aromatic carbocycles. The van der Waals surface area contributed by atoms with Crippen molar-refractivity contribution in [2.24, 2.45) is 0 Å². The predicted octanol–water partition coefficient (Wildman–Crippen LogP) is 4.57. The molecule has 0 fully saturated rings. The van der Waals surface area contributed by atoms with E-state index in [9.17, 15) is 4.79 Å². The molecule has 1 atom stereocenters. The van der Waals surface area contributed by atoms with Crippen LogP contribution in [0.4, 0.5) is 0 Å². The Balaban J connectivity index is 0.000000704. The first kappa shape index (κ1) is 20.4. The van der Waals surface area contributed by atoms with Gasteiger partial charge in [0, 0.05) is 11.6 Å². The minimum absolute atomic E-state index is 0.333. The Morgan fingerprint density at radius 1 is 1.35 bits per heavy atom. The number of carbonyl (C=O) groups excluding carboxylic acids is 1. The molecule has 23 heavy (non-hydrogen) atoms. The molecule has 2 rings (SSSR count). The molecular weight excluding hydrogens is 292 g/mol. The first-order valence-corrected chi connectivity index (χ1v) is 7.40. The number of hydrogen-bond donors (Lipinski definition) is 0. The Morgan fingerprint density at radius 3 is 2.35 bits per heavy atom. The molecule has 0 aliphatic rings. The van der Waals surface area contributed by atoms with Crippen molar-refractivity contribution in [2.45, 2.75) is 33.1 Å². The van der Waals surface area contributed by atoms with Gasteiger partial charge in [-0.2, -0.15) is 0 Å². The molecule has 1 aromatic heterocycles. The summed E-state index contributed by atoms with van der Waals surface area (Å²) in [5.74, 6) is -0.263. The molecule has 2 aromatic rings. The van der Waals surface area contributed by atoms with Crippen molar-refractivity contribution in [3.8, 4) is 11.3 Å². The lowest BCUT2D eigenvalue weighted by atomic mass is 10.1. The Morgan fingerprint density at radius 2 is 1.87 bits per heavy atom. The maximum Gasteiger partial charge on any atom is 0.316 e. The molecule has 0 amide bonds. The summed E-state index contributed by atoms with van der Waals surface area (Å²) in [5, 5.41) is 3.94. The van der Waals surface area contributed by atoms with Crippen molar-refractivity contribution in [1.82, 2.24) is 5.16 Å². The Kier molecular flexibility index (Phi) is 10.6. The largest absolute Gasteiger partial charge is 0.468 e. The maximum absolute atomic E-state index is 11.3. The molecule has 5 nitrogen and oxygen atoms in total. The van der Waals surface area contributed by atoms with Crippen LogP contribution in [0.25, 0.3) is 16.1 Å². The van der Waals surface area contributed by atoms with E-state index in [2.05, 4.69) is 28.6 Å². The third-order valence-corrected chi connectivity index (χ3v) is 2.58. The molecule has 0 spiro atoms. The highest BCUT2D eigenvalue weighted by molar-refractivity contribution is 5.77. The second kappa shape index (κ2) is 12.0. The van der Waals surface area contributed by atoms with Gasteiger partial charge in [0.2, 0.25) is 7.05 Å². The van der Waals surface area contributed by atoms with Crippen molar-refractivity contribution in [3.05, 3.63) is 53.6 Å². The second-order valence-corrected chi connectivity index (χ2v) is 4.66. The van der Waals surface area contributed by atoms with Crippen molar-refractivity contribution in [1.29, 1.82) is 0 Å². The molecule has 0 N–H and O–H groups in total. The summed E-state index contributed by atoms with van der Waals surface area (Å²) in [6, 6.07) is 11.4. The van der Waals surface area contributed by atoms with Gasteiger partial charge in [-0.25, -0.2) is 6.57 Å². The van der Waals surface area contributed by atoms with E-state index in [0.29, 0.717) is 5.76 Å². The maximum atomic E-state index is 11.3. The van der Waals surface area contributed by atoms with Gasteiger partial charge in [-0.05, 0) is 6.92 Å². The van der Waals surface area contributed by atoms with Crippen molar-refractivity contribution < 1.29 is 14.1 Å². The minimum Gasteiger partial charge on any atom is -0.468 e. The number of hydrogen-bond acceptors (Lipinski definition) is 4. The highest BCUT2D eigenvalue weighted by Crippen LogP contribution is 2.23. The van der Waals surface area contributed by atoms with Gasteiger partial charge in [-0.1, -0.05) is 55.8 Å². The van der Waals surface area contributed by atoms with Crippen LogP contribution in [0.15, 0.2) is 40.9 Å². The van der Waals surface area contributed by atoms with Gasteiger partial charge in [0.15, 0.2) is 5.76 Å². The fraction of sp³-hybridized carbons (Fsp3) is 0.389. The first-order valence-electron chi connectivity index (χ1n) is 7.40. The van der Waals surface area contributed by atoms with E-state index in [1.165, 1.54) is 20.6 Å². The van der Waals surface area contributed by atoms with Crippen LogP contribution in [0.5, 0.6) is 0 Å². The number of methoxy groups -OCH3 is 1. The average molecular weight is 316 g/mol. The van der Waals surface area contributed by atoms with Crippen molar-refractivity contribution in [3.63, 3.8) is 0 Å². The predicted molar refractivity (Wildman–Crippen MR) is 90.9 cm³/mol. The molecule has 0 saturated carbocycles. The zero-order valence-electron chi connectivity index (χ0n) is 14.4. The summed E-state index contributed by atoms with van der Waals surface area (Å²) >= 11 is 0. The van der Waals surface area contributed by atoms with Gasteiger partial charge in [0.25, 0.3) is 0 Å². The molecule has 1 unspecified atom stereocenters. The van der Waals surface area contributed by atoms with Crippen molar-refractivity contribution >= 4 is 5.97 Å². The molecule has 0 bridgehead atoms. The summed E-state index contributed by atoms with van der Waals surface area (Å²) in [6.07, 6.45) is 1.25. The number of nitrogens with zero attached hydrogens (tertiary/aromatic N) is 2. The summed E-state index contributed by atoms with van der Waals surface area (Å²) < 4.78 is 9.81. The molecule has 0 aliphatic heterocycles. The third-order valence-electron chi connectivity index (χ3n) is 2.58. The zero-order valence-corrected chi connectivity index (χ0v) is 14.4. The number of ether oxygens (including phenoxy) is 1. The lowest BCUT2D eigenvalue weighted by Gasteiger charge is -2.03. The number of benzene rings is 1. The van der Waals surface area contributed by atoms with Gasteiger partial charge >= 0.3 is 5.97 Å². The Labute approximate surface area is 138 Å². The molecule has 5 heteroatoms. The first-order chi connectivity index (χ1) is 11.0. The van der Waals surface area contributed by atoms with Crippen molar-refractivity contribution in [2.75, 3.05) is 14.2 Å². The number of esters is 1. The van der Waals surface area contributed by atoms with Gasteiger partial charge in [0.05, 0.1) is 7.11 Å². The Bertz CT molecular complexity index is 600. The van der Waals surface area contributed by atoms with Crippen LogP contribution in [0.3, 0.4) is 0 Å².